The summed E-state index contributed by atoms with van der Waals surface area (Å²) in [6.45, 7) is 4.83. The summed E-state index contributed by atoms with van der Waals surface area (Å²) in [7, 11) is 0. The molecule has 0 amide bonds. The van der Waals surface area contributed by atoms with Gasteiger partial charge in [-0.05, 0) is 25.1 Å². The van der Waals surface area contributed by atoms with Crippen LogP contribution >= 0.6 is 0 Å². The zero-order chi connectivity index (χ0) is 13.1. The minimum absolute atomic E-state index is 0.265. The van der Waals surface area contributed by atoms with Crippen molar-refractivity contribution in [2.45, 2.75) is 19.1 Å². The van der Waals surface area contributed by atoms with Crippen molar-refractivity contribution in [3.8, 4) is 11.5 Å². The summed E-state index contributed by atoms with van der Waals surface area (Å²) in [5.41, 5.74) is 1.03. The van der Waals surface area contributed by atoms with Crippen molar-refractivity contribution in [1.29, 1.82) is 0 Å². The van der Waals surface area contributed by atoms with Crippen LogP contribution in [0.4, 0.5) is 0 Å². The van der Waals surface area contributed by atoms with E-state index in [9.17, 15) is 0 Å². The van der Waals surface area contributed by atoms with E-state index in [-0.39, 0.29) is 12.2 Å². The zero-order valence-corrected chi connectivity index (χ0v) is 11.0. The summed E-state index contributed by atoms with van der Waals surface area (Å²) < 4.78 is 21.7. The molecule has 19 heavy (non-hydrogen) atoms. The third kappa shape index (κ3) is 3.72. The van der Waals surface area contributed by atoms with Crippen molar-refractivity contribution < 1.29 is 18.9 Å². The monoisotopic (exact) mass is 262 g/mol. The van der Waals surface area contributed by atoms with Crippen LogP contribution in [0.3, 0.4) is 0 Å². The molecule has 2 fully saturated rings. The molecule has 0 spiro atoms. The van der Waals surface area contributed by atoms with Gasteiger partial charge in [0.1, 0.15) is 36.9 Å². The summed E-state index contributed by atoms with van der Waals surface area (Å²) >= 11 is 0. The van der Waals surface area contributed by atoms with Crippen molar-refractivity contribution in [2.75, 3.05) is 26.4 Å². The number of hydrogen-bond acceptors (Lipinski definition) is 4. The van der Waals surface area contributed by atoms with Crippen molar-refractivity contribution in [3.05, 3.63) is 29.8 Å². The molecule has 0 radical (unpaired) electrons. The highest BCUT2D eigenvalue weighted by Gasteiger charge is 2.24. The lowest BCUT2D eigenvalue weighted by molar-refractivity contribution is 0.257. The van der Waals surface area contributed by atoms with E-state index in [2.05, 4.69) is 0 Å². The van der Waals surface area contributed by atoms with Crippen LogP contribution in [-0.2, 0) is 9.47 Å². The molecule has 3 rings (SSSR count). The summed E-state index contributed by atoms with van der Waals surface area (Å²) in [4.78, 5) is 0. The minimum Gasteiger partial charge on any atom is -0.491 e. The van der Waals surface area contributed by atoms with Gasteiger partial charge < -0.3 is 18.9 Å². The van der Waals surface area contributed by atoms with Crippen molar-refractivity contribution >= 4 is 6.08 Å². The van der Waals surface area contributed by atoms with Gasteiger partial charge in [-0.2, -0.15) is 0 Å². The second-order valence-electron chi connectivity index (χ2n) is 4.73. The summed E-state index contributed by atoms with van der Waals surface area (Å²) in [5.74, 6) is 1.71. The first-order valence-electron chi connectivity index (χ1n) is 6.60. The van der Waals surface area contributed by atoms with E-state index in [4.69, 9.17) is 18.9 Å². The molecule has 2 heterocycles. The predicted molar refractivity (Wildman–Crippen MR) is 71.6 cm³/mol. The molecule has 102 valence electrons. The van der Waals surface area contributed by atoms with E-state index < -0.39 is 0 Å². The number of benzene rings is 1. The lowest BCUT2D eigenvalue weighted by atomic mass is 10.1. The maximum atomic E-state index is 5.75. The molecule has 0 N–H and O–H groups in total. The van der Waals surface area contributed by atoms with E-state index in [0.717, 1.165) is 30.3 Å². The van der Waals surface area contributed by atoms with Gasteiger partial charge >= 0.3 is 0 Å². The highest BCUT2D eigenvalue weighted by atomic mass is 16.6. The number of hydrogen-bond donors (Lipinski definition) is 0. The fourth-order valence-corrected chi connectivity index (χ4v) is 1.76. The first kappa shape index (κ1) is 12.5. The Morgan fingerprint density at radius 3 is 2.47 bits per heavy atom. The van der Waals surface area contributed by atoms with Gasteiger partial charge in [-0.3, -0.25) is 0 Å². The van der Waals surface area contributed by atoms with Crippen LogP contribution in [0.15, 0.2) is 24.3 Å². The van der Waals surface area contributed by atoms with Crippen molar-refractivity contribution in [2.24, 2.45) is 0 Å². The lowest BCUT2D eigenvalue weighted by Crippen LogP contribution is -2.06. The third-order valence-corrected chi connectivity index (χ3v) is 2.99. The molecule has 0 aliphatic carbocycles. The Morgan fingerprint density at radius 2 is 1.84 bits per heavy atom. The Balaban J connectivity index is 1.66. The Labute approximate surface area is 112 Å². The van der Waals surface area contributed by atoms with Crippen LogP contribution < -0.4 is 9.47 Å². The second kappa shape index (κ2) is 5.63. The fourth-order valence-electron chi connectivity index (χ4n) is 1.76. The maximum absolute atomic E-state index is 5.75. The number of rotatable bonds is 7. The largest absolute Gasteiger partial charge is 0.491 e. The van der Waals surface area contributed by atoms with Crippen molar-refractivity contribution in [1.82, 2.24) is 0 Å². The molecule has 2 aliphatic rings. The normalized spacial score (nSPS) is 24.5. The molecule has 1 aromatic carbocycles. The number of ether oxygens (including phenoxy) is 4. The topological polar surface area (TPSA) is 43.5 Å². The first-order valence-corrected chi connectivity index (χ1v) is 6.60. The Kier molecular flexibility index (Phi) is 3.71. The molecule has 2 atom stereocenters. The van der Waals surface area contributed by atoms with Gasteiger partial charge in [-0.15, -0.1) is 0 Å². The molecule has 0 aromatic heterocycles. The molecular weight excluding hydrogens is 244 g/mol. The minimum atomic E-state index is 0.265. The highest BCUT2D eigenvalue weighted by molar-refractivity contribution is 5.59. The average molecular weight is 262 g/mol. The summed E-state index contributed by atoms with van der Waals surface area (Å²) in [5, 5.41) is 0. The molecule has 0 saturated carbocycles. The molecule has 2 unspecified atom stereocenters. The average Bonchev–Trinajstić information content (AvgIpc) is 3.28. The van der Waals surface area contributed by atoms with E-state index in [1.165, 1.54) is 0 Å². The van der Waals surface area contributed by atoms with Crippen LogP contribution in [0.25, 0.3) is 6.08 Å². The molecule has 4 heteroatoms. The highest BCUT2D eigenvalue weighted by Crippen LogP contribution is 2.27. The molecule has 4 nitrogen and oxygen atoms in total. The van der Waals surface area contributed by atoms with Gasteiger partial charge in [0, 0.05) is 5.56 Å². The van der Waals surface area contributed by atoms with Gasteiger partial charge in [0.05, 0.1) is 13.2 Å². The van der Waals surface area contributed by atoms with Crippen LogP contribution in [0, 0.1) is 0 Å². The number of epoxide rings is 2. The molecule has 0 bridgehead atoms. The smallest absolute Gasteiger partial charge is 0.126 e. The Hall–Kier alpha value is -1.52. The quantitative estimate of drug-likeness (QED) is 0.707. The van der Waals surface area contributed by atoms with Gasteiger partial charge in [-0.1, -0.05) is 12.2 Å². The van der Waals surface area contributed by atoms with E-state index in [0.29, 0.717) is 13.2 Å². The molecule has 2 aliphatic heterocycles. The maximum Gasteiger partial charge on any atom is 0.126 e. The Morgan fingerprint density at radius 1 is 1.16 bits per heavy atom. The number of allylic oxidation sites excluding steroid dienone is 1. The molecule has 1 aromatic rings. The SMILES string of the molecule is CC=Cc1cc(OCC2CO2)ccc1OCC1CO1. The standard InChI is InChI=1S/C15H18O4/c1-2-3-11-6-12(16-7-13-8-17-13)4-5-15(11)19-10-14-9-18-14/h2-6,13-14H,7-10H2,1H3. The summed E-state index contributed by atoms with van der Waals surface area (Å²) in [6, 6.07) is 5.87. The lowest BCUT2D eigenvalue weighted by Gasteiger charge is -2.11. The van der Waals surface area contributed by atoms with Gasteiger partial charge in [0.15, 0.2) is 0 Å². The second-order valence-corrected chi connectivity index (χ2v) is 4.73. The molecular formula is C15H18O4. The van der Waals surface area contributed by atoms with Gasteiger partial charge in [0.2, 0.25) is 0 Å². The van der Waals surface area contributed by atoms with Crippen LogP contribution in [0.5, 0.6) is 11.5 Å². The first-order chi connectivity index (χ1) is 9.35. The van der Waals surface area contributed by atoms with Gasteiger partial charge in [-0.25, -0.2) is 0 Å². The van der Waals surface area contributed by atoms with Crippen LogP contribution in [0.2, 0.25) is 0 Å². The van der Waals surface area contributed by atoms with E-state index >= 15 is 0 Å². The van der Waals surface area contributed by atoms with Crippen LogP contribution in [0.1, 0.15) is 12.5 Å². The third-order valence-electron chi connectivity index (χ3n) is 2.99. The zero-order valence-electron chi connectivity index (χ0n) is 11.0. The van der Waals surface area contributed by atoms with E-state index in [1.54, 1.807) is 0 Å². The summed E-state index contributed by atoms with van der Waals surface area (Å²) in [6.07, 6.45) is 4.54. The fraction of sp³-hybridized carbons (Fsp3) is 0.467. The van der Waals surface area contributed by atoms with Crippen LogP contribution in [-0.4, -0.2) is 38.6 Å². The van der Waals surface area contributed by atoms with Crippen molar-refractivity contribution in [3.63, 3.8) is 0 Å². The van der Waals surface area contributed by atoms with E-state index in [1.807, 2.05) is 37.3 Å². The Bertz CT molecular complexity index is 461. The molecule has 2 saturated heterocycles. The predicted octanol–water partition coefficient (Wildman–Crippen LogP) is 2.27. The van der Waals surface area contributed by atoms with Gasteiger partial charge in [0.25, 0.3) is 0 Å².